The van der Waals surface area contributed by atoms with Crippen molar-refractivity contribution in [1.29, 1.82) is 0 Å². The molecule has 36 heavy (non-hydrogen) atoms. The van der Waals surface area contributed by atoms with Gasteiger partial charge in [0.1, 0.15) is 12.4 Å². The van der Waals surface area contributed by atoms with Gasteiger partial charge in [-0.25, -0.2) is 0 Å². The van der Waals surface area contributed by atoms with Gasteiger partial charge in [0.15, 0.2) is 0 Å². The van der Waals surface area contributed by atoms with E-state index in [2.05, 4.69) is 4.90 Å². The number of fused-ring (bicyclic) bond motifs is 4. The van der Waals surface area contributed by atoms with Gasteiger partial charge in [-0.2, -0.15) is 0 Å². The molecule has 4 bridgehead atoms. The maximum atomic E-state index is 13.2. The van der Waals surface area contributed by atoms with Crippen LogP contribution < -0.4 is 4.74 Å². The van der Waals surface area contributed by atoms with Crippen molar-refractivity contribution in [2.75, 3.05) is 54.0 Å². The largest absolute Gasteiger partial charge is 0.492 e. The van der Waals surface area contributed by atoms with Gasteiger partial charge in [0.05, 0.1) is 6.10 Å². The van der Waals surface area contributed by atoms with E-state index in [-0.39, 0.29) is 17.9 Å². The predicted molar refractivity (Wildman–Crippen MR) is 140 cm³/mol. The molecule has 2 aromatic rings. The lowest BCUT2D eigenvalue weighted by Gasteiger charge is -2.38. The Kier molecular flexibility index (Phi) is 8.99. The third-order valence-corrected chi connectivity index (χ3v) is 7.32. The lowest BCUT2D eigenvalue weighted by atomic mass is 9.89. The Balaban J connectivity index is 1.47. The zero-order chi connectivity index (χ0) is 25.5. The predicted octanol–water partition coefficient (Wildman–Crippen LogP) is 3.93. The van der Waals surface area contributed by atoms with E-state index >= 15 is 0 Å². The lowest BCUT2D eigenvalue weighted by Crippen LogP contribution is -2.46. The van der Waals surface area contributed by atoms with Crippen LogP contribution in [0.4, 0.5) is 0 Å². The Morgan fingerprint density at radius 2 is 1.86 bits per heavy atom. The maximum Gasteiger partial charge on any atom is 0.254 e. The molecule has 0 unspecified atom stereocenters. The van der Waals surface area contributed by atoms with Crippen LogP contribution in [0, 0.1) is 5.92 Å². The molecule has 0 aromatic heterocycles. The Bertz CT molecular complexity index is 1020. The van der Waals surface area contributed by atoms with E-state index < -0.39 is 0 Å². The summed E-state index contributed by atoms with van der Waals surface area (Å²) >= 11 is 0. The molecule has 7 heteroatoms. The number of benzene rings is 2. The van der Waals surface area contributed by atoms with Crippen LogP contribution in [0.5, 0.6) is 5.75 Å². The average molecular weight is 494 g/mol. The van der Waals surface area contributed by atoms with Gasteiger partial charge >= 0.3 is 0 Å². The SMILES string of the molecule is CO[C@H]1CCN2C[C@H]1CCCCN(Cc1ccc(C(=O)N(C)C)cc1)CCOc1cccc(c1)C2=O. The molecule has 194 valence electrons. The molecule has 0 aliphatic carbocycles. The second-order valence-corrected chi connectivity index (χ2v) is 10.1. The number of ether oxygens (including phenoxy) is 2. The van der Waals surface area contributed by atoms with E-state index in [0.717, 1.165) is 64.2 Å². The summed E-state index contributed by atoms with van der Waals surface area (Å²) in [7, 11) is 5.33. The van der Waals surface area contributed by atoms with Crippen LogP contribution in [0.15, 0.2) is 48.5 Å². The number of amides is 2. The van der Waals surface area contributed by atoms with Crippen molar-refractivity contribution >= 4 is 11.8 Å². The minimum atomic E-state index is 0.0144. The smallest absolute Gasteiger partial charge is 0.254 e. The van der Waals surface area contributed by atoms with Crippen LogP contribution >= 0.6 is 0 Å². The van der Waals surface area contributed by atoms with Gasteiger partial charge < -0.3 is 19.3 Å². The van der Waals surface area contributed by atoms with Crippen molar-refractivity contribution in [3.05, 3.63) is 65.2 Å². The summed E-state index contributed by atoms with van der Waals surface area (Å²) < 4.78 is 11.9. The summed E-state index contributed by atoms with van der Waals surface area (Å²) in [5, 5.41) is 0. The molecule has 4 rings (SSSR count). The van der Waals surface area contributed by atoms with E-state index in [1.54, 1.807) is 26.1 Å². The molecule has 2 aromatic carbocycles. The number of carbonyl (C=O) groups excluding carboxylic acids is 2. The summed E-state index contributed by atoms with van der Waals surface area (Å²) in [6.07, 6.45) is 4.30. The highest BCUT2D eigenvalue weighted by atomic mass is 16.5. The summed E-state index contributed by atoms with van der Waals surface area (Å²) in [6, 6.07) is 15.5. The molecule has 0 saturated carbocycles. The Hall–Kier alpha value is -2.90. The van der Waals surface area contributed by atoms with Gasteiger partial charge in [-0.1, -0.05) is 24.6 Å². The number of rotatable bonds is 4. The first-order chi connectivity index (χ1) is 17.4. The van der Waals surface area contributed by atoms with Gasteiger partial charge in [-0.05, 0) is 61.7 Å². The van der Waals surface area contributed by atoms with Crippen molar-refractivity contribution in [3.63, 3.8) is 0 Å². The van der Waals surface area contributed by atoms with Crippen molar-refractivity contribution in [3.8, 4) is 5.75 Å². The van der Waals surface area contributed by atoms with Gasteiger partial charge in [0, 0.05) is 64.4 Å². The third-order valence-electron chi connectivity index (χ3n) is 7.32. The standard InChI is InChI=1S/C29H39N3O4/c1-30(2)28(33)23-12-10-22(11-13-23)20-31-15-5-4-7-25-21-32(16-14-27(25)35-3)29(34)24-8-6-9-26(19-24)36-18-17-31/h6,8-13,19,25,27H,4-5,7,14-18,20-21H2,1-3H3/t25-,27+/m1/s1. The van der Waals surface area contributed by atoms with Crippen LogP contribution in [0.1, 0.15) is 52.0 Å². The molecule has 2 aliphatic heterocycles. The average Bonchev–Trinajstić information content (AvgIpc) is 2.90. The molecule has 2 aliphatic rings. The normalized spacial score (nSPS) is 21.8. The minimum absolute atomic E-state index is 0.0144. The van der Waals surface area contributed by atoms with Gasteiger partial charge in [-0.3, -0.25) is 14.5 Å². The van der Waals surface area contributed by atoms with Crippen LogP contribution in [0.25, 0.3) is 0 Å². The topological polar surface area (TPSA) is 62.3 Å². The van der Waals surface area contributed by atoms with E-state index in [9.17, 15) is 9.59 Å². The van der Waals surface area contributed by atoms with Gasteiger partial charge in [-0.15, -0.1) is 0 Å². The maximum absolute atomic E-state index is 13.2. The third kappa shape index (κ3) is 6.65. The van der Waals surface area contributed by atoms with E-state index in [1.807, 2.05) is 53.4 Å². The minimum Gasteiger partial charge on any atom is -0.492 e. The van der Waals surface area contributed by atoms with Crippen LogP contribution in [0.3, 0.4) is 0 Å². The Labute approximate surface area is 215 Å². The Morgan fingerprint density at radius 1 is 1.06 bits per heavy atom. The molecular weight excluding hydrogens is 454 g/mol. The van der Waals surface area contributed by atoms with E-state index in [1.165, 1.54) is 5.56 Å². The monoisotopic (exact) mass is 493 g/mol. The lowest BCUT2D eigenvalue weighted by molar-refractivity contribution is -0.00677. The fraction of sp³-hybridized carbons (Fsp3) is 0.517. The highest BCUT2D eigenvalue weighted by Crippen LogP contribution is 2.27. The fourth-order valence-electron chi connectivity index (χ4n) is 5.26. The first-order valence-electron chi connectivity index (χ1n) is 13.0. The Morgan fingerprint density at radius 3 is 2.61 bits per heavy atom. The number of methoxy groups -OCH3 is 1. The van der Waals surface area contributed by atoms with Crippen LogP contribution in [-0.4, -0.2) is 86.6 Å². The summed E-state index contributed by atoms with van der Waals surface area (Å²) in [5.41, 5.74) is 2.56. The number of hydrogen-bond acceptors (Lipinski definition) is 5. The van der Waals surface area contributed by atoms with E-state index in [0.29, 0.717) is 23.7 Å². The summed E-state index contributed by atoms with van der Waals surface area (Å²) in [5.74, 6) is 1.17. The van der Waals surface area contributed by atoms with Crippen molar-refractivity contribution in [2.24, 2.45) is 5.92 Å². The number of piperidine rings is 1. The second-order valence-electron chi connectivity index (χ2n) is 10.1. The van der Waals surface area contributed by atoms with Crippen LogP contribution in [-0.2, 0) is 11.3 Å². The van der Waals surface area contributed by atoms with Crippen molar-refractivity contribution in [1.82, 2.24) is 14.7 Å². The molecule has 2 amide bonds. The van der Waals surface area contributed by atoms with Gasteiger partial charge in [0.25, 0.3) is 11.8 Å². The number of nitrogens with zero attached hydrogens (tertiary/aromatic N) is 3. The molecule has 7 nitrogen and oxygen atoms in total. The number of hydrogen-bond donors (Lipinski definition) is 0. The zero-order valence-corrected chi connectivity index (χ0v) is 21.8. The summed E-state index contributed by atoms with van der Waals surface area (Å²) in [4.78, 5) is 31.4. The summed E-state index contributed by atoms with van der Waals surface area (Å²) in [6.45, 7) is 4.57. The zero-order valence-electron chi connectivity index (χ0n) is 21.8. The second kappa shape index (κ2) is 12.4. The molecular formula is C29H39N3O4. The highest BCUT2D eigenvalue weighted by Gasteiger charge is 2.31. The van der Waals surface area contributed by atoms with Gasteiger partial charge in [0.2, 0.25) is 0 Å². The molecule has 0 N–H and O–H groups in total. The van der Waals surface area contributed by atoms with Crippen LogP contribution in [0.2, 0.25) is 0 Å². The molecule has 2 atom stereocenters. The molecule has 1 saturated heterocycles. The van der Waals surface area contributed by atoms with Crippen molar-refractivity contribution in [2.45, 2.75) is 38.3 Å². The molecule has 2 heterocycles. The molecule has 0 spiro atoms. The van der Waals surface area contributed by atoms with E-state index in [4.69, 9.17) is 9.47 Å². The van der Waals surface area contributed by atoms with Crippen molar-refractivity contribution < 1.29 is 19.1 Å². The fourth-order valence-corrected chi connectivity index (χ4v) is 5.26. The first-order valence-corrected chi connectivity index (χ1v) is 13.0. The molecule has 1 fully saturated rings. The first kappa shape index (κ1) is 26.2. The quantitative estimate of drug-likeness (QED) is 0.646. The highest BCUT2D eigenvalue weighted by molar-refractivity contribution is 5.95. The number of carbonyl (C=O) groups is 2. The molecule has 0 radical (unpaired) electrons.